The number of methoxy groups -OCH3 is 1. The van der Waals surface area contributed by atoms with Crippen LogP contribution in [0.2, 0.25) is 0 Å². The highest BCUT2D eigenvalue weighted by molar-refractivity contribution is 5.89. The molecular weight excluding hydrogens is 323 g/mol. The predicted octanol–water partition coefficient (Wildman–Crippen LogP) is 1.68. The van der Waals surface area contributed by atoms with Crippen molar-refractivity contribution in [3.8, 4) is 5.75 Å². The van der Waals surface area contributed by atoms with Gasteiger partial charge in [0.1, 0.15) is 11.6 Å². The van der Waals surface area contributed by atoms with Crippen LogP contribution in [0.25, 0.3) is 0 Å². The Hall–Kier alpha value is -1.37. The molecule has 5 nitrogen and oxygen atoms in total. The molecule has 0 saturated heterocycles. The largest absolute Gasteiger partial charge is 0.496 e. The van der Waals surface area contributed by atoms with Crippen molar-refractivity contribution >= 4 is 18.3 Å². The lowest BCUT2D eigenvalue weighted by Gasteiger charge is -2.39. The van der Waals surface area contributed by atoms with Gasteiger partial charge >= 0.3 is 0 Å². The van der Waals surface area contributed by atoms with Gasteiger partial charge in [-0.2, -0.15) is 0 Å². The zero-order valence-electron chi connectivity index (χ0n) is 12.9. The van der Waals surface area contributed by atoms with E-state index < -0.39 is 11.6 Å². The molecule has 0 radical (unpaired) electrons. The van der Waals surface area contributed by atoms with Crippen molar-refractivity contribution in [2.45, 2.75) is 43.4 Å². The summed E-state index contributed by atoms with van der Waals surface area (Å²) in [4.78, 5) is 12.3. The molecule has 3 rings (SSSR count). The van der Waals surface area contributed by atoms with Crippen molar-refractivity contribution < 1.29 is 19.0 Å². The van der Waals surface area contributed by atoms with Gasteiger partial charge in [-0.3, -0.25) is 4.79 Å². The third-order valence-electron chi connectivity index (χ3n) is 4.68. The maximum atomic E-state index is 13.6. The van der Waals surface area contributed by atoms with E-state index in [9.17, 15) is 14.3 Å². The molecule has 7 heteroatoms. The molecule has 1 unspecified atom stereocenters. The van der Waals surface area contributed by atoms with Gasteiger partial charge in [-0.25, -0.2) is 4.39 Å². The maximum absolute atomic E-state index is 13.6. The fourth-order valence-electron chi connectivity index (χ4n) is 2.95. The highest BCUT2D eigenvalue weighted by atomic mass is 35.5. The number of nitrogens with one attached hydrogen (secondary N) is 1. The van der Waals surface area contributed by atoms with E-state index in [4.69, 9.17) is 10.5 Å². The van der Waals surface area contributed by atoms with Crippen molar-refractivity contribution in [3.05, 3.63) is 29.6 Å². The average molecular weight is 345 g/mol. The van der Waals surface area contributed by atoms with Gasteiger partial charge in [0, 0.05) is 5.56 Å². The van der Waals surface area contributed by atoms with Gasteiger partial charge in [-0.15, -0.1) is 12.4 Å². The minimum Gasteiger partial charge on any atom is -0.496 e. The zero-order valence-corrected chi connectivity index (χ0v) is 13.7. The molecule has 0 aromatic heterocycles. The third kappa shape index (κ3) is 3.59. The second-order valence-electron chi connectivity index (χ2n) is 6.38. The molecule has 0 heterocycles. The maximum Gasteiger partial charge on any atom is 0.240 e. The first-order valence-electron chi connectivity index (χ1n) is 7.54. The number of nitrogens with two attached hydrogens (primary N) is 1. The summed E-state index contributed by atoms with van der Waals surface area (Å²) in [5, 5.41) is 12.5. The van der Waals surface area contributed by atoms with Crippen LogP contribution < -0.4 is 15.8 Å². The third-order valence-corrected chi connectivity index (χ3v) is 4.68. The molecule has 1 aromatic carbocycles. The number of benzene rings is 1. The van der Waals surface area contributed by atoms with E-state index in [1.807, 2.05) is 0 Å². The van der Waals surface area contributed by atoms with Crippen LogP contribution in [0, 0.1) is 11.7 Å². The monoisotopic (exact) mass is 344 g/mol. The molecule has 0 aliphatic heterocycles. The van der Waals surface area contributed by atoms with Crippen molar-refractivity contribution in [3.63, 3.8) is 0 Å². The number of ether oxygens (including phenoxy) is 1. The van der Waals surface area contributed by atoms with Crippen LogP contribution in [0.15, 0.2) is 18.2 Å². The van der Waals surface area contributed by atoms with E-state index in [0.29, 0.717) is 37.0 Å². The van der Waals surface area contributed by atoms with Crippen LogP contribution in [-0.2, 0) is 4.79 Å². The van der Waals surface area contributed by atoms with E-state index in [1.165, 1.54) is 19.2 Å². The average Bonchev–Trinajstić information content (AvgIpc) is 3.21. The molecule has 2 aliphatic carbocycles. The summed E-state index contributed by atoms with van der Waals surface area (Å²) < 4.78 is 18.9. The van der Waals surface area contributed by atoms with Crippen LogP contribution in [0.4, 0.5) is 4.39 Å². The number of aliphatic hydroxyl groups is 1. The molecule has 4 N–H and O–H groups in total. The van der Waals surface area contributed by atoms with Crippen LogP contribution in [-0.4, -0.2) is 29.8 Å². The number of rotatable bonds is 5. The summed E-state index contributed by atoms with van der Waals surface area (Å²) in [6.07, 6.45) is 2.11. The van der Waals surface area contributed by atoms with E-state index in [0.717, 1.165) is 0 Å². The molecule has 0 spiro atoms. The van der Waals surface area contributed by atoms with Crippen molar-refractivity contribution in [1.29, 1.82) is 0 Å². The summed E-state index contributed by atoms with van der Waals surface area (Å²) in [7, 11) is 1.51. The minimum atomic E-state index is -0.791. The summed E-state index contributed by atoms with van der Waals surface area (Å²) in [6, 6.07) is 3.85. The fourth-order valence-corrected chi connectivity index (χ4v) is 2.95. The standard InChI is InChI=1S/C16H21FN2O3.ClH/c1-22-13-3-2-10(17)8-12(13)14(9-6-11(20)7-9)19-15(21)16(18)4-5-16;/h2-3,8-9,11,14,20H,4-7,18H2,1H3,(H,19,21);1H. The zero-order chi connectivity index (χ0) is 15.9. The number of amides is 1. The first kappa shape index (κ1) is 18.0. The molecule has 2 aliphatic rings. The summed E-state index contributed by atoms with van der Waals surface area (Å²) >= 11 is 0. The van der Waals surface area contributed by atoms with Crippen LogP contribution in [0.5, 0.6) is 5.75 Å². The summed E-state index contributed by atoms with van der Waals surface area (Å²) in [5.74, 6) is -0.0269. The number of halogens is 2. The Kier molecular flexibility index (Phi) is 5.18. The molecule has 2 saturated carbocycles. The van der Waals surface area contributed by atoms with Crippen molar-refractivity contribution in [2.75, 3.05) is 7.11 Å². The van der Waals surface area contributed by atoms with Gasteiger partial charge in [0.2, 0.25) is 5.91 Å². The Labute approximate surface area is 140 Å². The normalized spacial score (nSPS) is 25.6. The Balaban J connectivity index is 0.00000192. The predicted molar refractivity (Wildman–Crippen MR) is 86.0 cm³/mol. The highest BCUT2D eigenvalue weighted by Crippen LogP contribution is 2.42. The Morgan fingerprint density at radius 1 is 1.48 bits per heavy atom. The van der Waals surface area contributed by atoms with Crippen LogP contribution in [0.3, 0.4) is 0 Å². The van der Waals surface area contributed by atoms with Gasteiger partial charge in [0.05, 0.1) is 24.8 Å². The number of carbonyl (C=O) groups excluding carboxylic acids is 1. The molecule has 128 valence electrons. The van der Waals surface area contributed by atoms with Crippen molar-refractivity contribution in [1.82, 2.24) is 5.32 Å². The first-order chi connectivity index (χ1) is 10.4. The van der Waals surface area contributed by atoms with Gasteiger partial charge in [-0.05, 0) is 49.8 Å². The van der Waals surface area contributed by atoms with E-state index in [1.54, 1.807) is 6.07 Å². The fraction of sp³-hybridized carbons (Fsp3) is 0.562. The van der Waals surface area contributed by atoms with Crippen molar-refractivity contribution in [2.24, 2.45) is 11.7 Å². The molecule has 1 aromatic rings. The van der Waals surface area contributed by atoms with Crippen LogP contribution in [0.1, 0.15) is 37.3 Å². The lowest BCUT2D eigenvalue weighted by molar-refractivity contribution is -0.125. The quantitative estimate of drug-likeness (QED) is 0.758. The van der Waals surface area contributed by atoms with E-state index >= 15 is 0 Å². The second-order valence-corrected chi connectivity index (χ2v) is 6.38. The van der Waals surface area contributed by atoms with Gasteiger partial charge in [0.25, 0.3) is 0 Å². The molecule has 0 bridgehead atoms. The number of carbonyl (C=O) groups is 1. The van der Waals surface area contributed by atoms with Gasteiger partial charge < -0.3 is 20.9 Å². The molecule has 2 fully saturated rings. The summed E-state index contributed by atoms with van der Waals surface area (Å²) in [5.41, 5.74) is 5.74. The van der Waals surface area contributed by atoms with Crippen LogP contribution >= 0.6 is 12.4 Å². The lowest BCUT2D eigenvalue weighted by Crippen LogP contribution is -2.48. The number of hydrogen-bond acceptors (Lipinski definition) is 4. The second kappa shape index (κ2) is 6.63. The molecule has 1 atom stereocenters. The Morgan fingerprint density at radius 2 is 2.13 bits per heavy atom. The van der Waals surface area contributed by atoms with Gasteiger partial charge in [0.15, 0.2) is 0 Å². The SMILES string of the molecule is COc1ccc(F)cc1C(NC(=O)C1(N)CC1)C1CC(O)C1.Cl. The Bertz CT molecular complexity index is 589. The number of hydrogen-bond donors (Lipinski definition) is 3. The summed E-state index contributed by atoms with van der Waals surface area (Å²) in [6.45, 7) is 0. The molecular formula is C16H22ClFN2O3. The highest BCUT2D eigenvalue weighted by Gasteiger charge is 2.48. The van der Waals surface area contributed by atoms with E-state index in [-0.39, 0.29) is 36.2 Å². The molecule has 23 heavy (non-hydrogen) atoms. The lowest BCUT2D eigenvalue weighted by atomic mass is 9.74. The molecule has 1 amide bonds. The topological polar surface area (TPSA) is 84.6 Å². The van der Waals surface area contributed by atoms with Gasteiger partial charge in [-0.1, -0.05) is 0 Å². The van der Waals surface area contributed by atoms with E-state index in [2.05, 4.69) is 5.32 Å². The first-order valence-corrected chi connectivity index (χ1v) is 7.54. The number of aliphatic hydroxyl groups excluding tert-OH is 1. The smallest absolute Gasteiger partial charge is 0.240 e. The minimum absolute atomic E-state index is 0. The Morgan fingerprint density at radius 3 is 2.65 bits per heavy atom.